The van der Waals surface area contributed by atoms with Crippen molar-refractivity contribution in [2.45, 2.75) is 16.0 Å². The predicted octanol–water partition coefficient (Wildman–Crippen LogP) is 6.87. The van der Waals surface area contributed by atoms with Crippen LogP contribution in [0, 0.1) is 0 Å². The van der Waals surface area contributed by atoms with Gasteiger partial charge >= 0.3 is 6.18 Å². The number of aliphatic imine (C=N–C) groups is 1. The largest absolute Gasteiger partial charge is 0.416 e. The minimum absolute atomic E-state index is 0.360. The van der Waals surface area contributed by atoms with Crippen LogP contribution in [-0.2, 0) is 6.18 Å². The number of thiocarbonyl (C=S) groups is 1. The molecule has 0 aromatic heterocycles. The predicted molar refractivity (Wildman–Crippen MR) is 93.8 cm³/mol. The van der Waals surface area contributed by atoms with Crippen molar-refractivity contribution in [2.24, 2.45) is 4.99 Å². The van der Waals surface area contributed by atoms with E-state index in [4.69, 9.17) is 23.2 Å². The van der Waals surface area contributed by atoms with Crippen molar-refractivity contribution in [1.29, 1.82) is 0 Å². The first-order chi connectivity index (χ1) is 10.8. The van der Waals surface area contributed by atoms with Gasteiger partial charge in [-0.25, -0.2) is 0 Å². The second-order valence-corrected chi connectivity index (χ2v) is 6.45. The molecule has 0 atom stereocenters. The summed E-state index contributed by atoms with van der Waals surface area (Å²) in [6.07, 6.45) is -2.93. The van der Waals surface area contributed by atoms with Crippen molar-refractivity contribution in [3.05, 3.63) is 52.0 Å². The quantitative estimate of drug-likeness (QED) is 0.415. The van der Waals surface area contributed by atoms with Crippen molar-refractivity contribution in [1.82, 2.24) is 0 Å². The fourth-order valence-corrected chi connectivity index (χ4v) is 3.25. The summed E-state index contributed by atoms with van der Waals surface area (Å²) in [7, 11) is 0. The Kier molecular flexibility index (Phi) is 6.08. The van der Waals surface area contributed by atoms with Crippen LogP contribution in [0.25, 0.3) is 0 Å². The van der Waals surface area contributed by atoms with Crippen LogP contribution < -0.4 is 0 Å². The molecule has 0 N–H and O–H groups in total. The number of alkyl halides is 3. The van der Waals surface area contributed by atoms with Gasteiger partial charge in [0.15, 0.2) is 0 Å². The van der Waals surface area contributed by atoms with E-state index in [9.17, 15) is 13.2 Å². The highest BCUT2D eigenvalue weighted by Crippen LogP contribution is 2.41. The molecule has 23 heavy (non-hydrogen) atoms. The molecule has 0 heterocycles. The molecule has 0 spiro atoms. The van der Waals surface area contributed by atoms with Crippen LogP contribution in [0.5, 0.6) is 0 Å². The molecule has 8 heteroatoms. The van der Waals surface area contributed by atoms with Gasteiger partial charge in [0, 0.05) is 21.4 Å². The zero-order chi connectivity index (χ0) is 17.0. The molecule has 0 amide bonds. The first-order valence-corrected chi connectivity index (χ1v) is 8.17. The number of hydrogen-bond acceptors (Lipinski definition) is 3. The molecular formula is C15H8Cl2F3NS2. The molecule has 0 aliphatic heterocycles. The average Bonchev–Trinajstić information content (AvgIpc) is 2.48. The van der Waals surface area contributed by atoms with E-state index < -0.39 is 11.7 Å². The molecule has 120 valence electrons. The Labute approximate surface area is 150 Å². The number of benzene rings is 2. The fourth-order valence-electron chi connectivity index (χ4n) is 1.66. The third kappa shape index (κ3) is 4.94. The molecule has 0 aliphatic carbocycles. The molecular weight excluding hydrogens is 386 g/mol. The van der Waals surface area contributed by atoms with Gasteiger partial charge in [0.2, 0.25) is 0 Å². The lowest BCUT2D eigenvalue weighted by Crippen LogP contribution is -2.03. The van der Waals surface area contributed by atoms with Gasteiger partial charge in [0.05, 0.1) is 21.3 Å². The van der Waals surface area contributed by atoms with Crippen LogP contribution >= 0.6 is 47.2 Å². The first kappa shape index (κ1) is 18.3. The van der Waals surface area contributed by atoms with Crippen molar-refractivity contribution < 1.29 is 13.2 Å². The average molecular weight is 394 g/mol. The smallest absolute Gasteiger partial charge is 0.256 e. The number of nitrogens with zero attached hydrogens (tertiary/aromatic N) is 1. The van der Waals surface area contributed by atoms with Gasteiger partial charge in [-0.3, -0.25) is 4.99 Å². The number of rotatable bonds is 4. The van der Waals surface area contributed by atoms with Crippen LogP contribution in [-0.4, -0.2) is 11.6 Å². The summed E-state index contributed by atoms with van der Waals surface area (Å²) in [6.45, 7) is 0. The Balaban J connectivity index is 2.26. The summed E-state index contributed by atoms with van der Waals surface area (Å²) in [5.41, 5.74) is -0.165. The maximum Gasteiger partial charge on any atom is 0.416 e. The van der Waals surface area contributed by atoms with Crippen molar-refractivity contribution >= 4 is 64.5 Å². The highest BCUT2D eigenvalue weighted by molar-refractivity contribution is 7.99. The standard InChI is InChI=1S/C15H8Cl2F3NS2/c16-12-7-10(21-5-6-22)8-13(17)14(12)23-11-3-1-9(2-4-11)15(18,19)20/h1-8H. The topological polar surface area (TPSA) is 12.4 Å². The van der Waals surface area contributed by atoms with Crippen molar-refractivity contribution in [3.8, 4) is 0 Å². The molecule has 0 aliphatic rings. The molecule has 1 nitrogen and oxygen atoms in total. The normalized spacial score (nSPS) is 11.9. The van der Waals surface area contributed by atoms with Gasteiger partial charge < -0.3 is 0 Å². The van der Waals surface area contributed by atoms with E-state index in [2.05, 4.69) is 17.2 Å². The Bertz CT molecular complexity index is 720. The maximum atomic E-state index is 12.5. The second kappa shape index (κ2) is 7.66. The summed E-state index contributed by atoms with van der Waals surface area (Å²) < 4.78 is 37.6. The zero-order valence-electron chi connectivity index (χ0n) is 11.3. The van der Waals surface area contributed by atoms with Gasteiger partial charge in [-0.05, 0) is 36.4 Å². The van der Waals surface area contributed by atoms with E-state index in [1.54, 1.807) is 12.1 Å². The summed E-state index contributed by atoms with van der Waals surface area (Å²) in [4.78, 5) is 5.19. The lowest BCUT2D eigenvalue weighted by molar-refractivity contribution is -0.137. The Hall–Kier alpha value is -1.08. The van der Waals surface area contributed by atoms with Crippen molar-refractivity contribution in [3.63, 3.8) is 0 Å². The minimum atomic E-state index is -4.36. The van der Waals surface area contributed by atoms with Gasteiger partial charge in [0.25, 0.3) is 0 Å². The summed E-state index contributed by atoms with van der Waals surface area (Å²) in [5, 5.41) is 2.07. The molecule has 2 aromatic rings. The van der Waals surface area contributed by atoms with Crippen LogP contribution in [0.15, 0.2) is 51.2 Å². The summed E-state index contributed by atoms with van der Waals surface area (Å²) in [6, 6.07) is 7.99. The lowest BCUT2D eigenvalue weighted by atomic mass is 10.2. The molecule has 0 bridgehead atoms. The van der Waals surface area contributed by atoms with Crippen LogP contribution in [0.4, 0.5) is 18.9 Å². The van der Waals surface area contributed by atoms with Crippen LogP contribution in [0.3, 0.4) is 0 Å². The molecule has 2 aromatic carbocycles. The van der Waals surface area contributed by atoms with E-state index in [1.165, 1.54) is 35.5 Å². The maximum absolute atomic E-state index is 12.5. The summed E-state index contributed by atoms with van der Waals surface area (Å²) in [5.74, 6) is 0. The van der Waals surface area contributed by atoms with Gasteiger partial charge in [0.1, 0.15) is 0 Å². The van der Waals surface area contributed by atoms with E-state index in [0.29, 0.717) is 25.5 Å². The van der Waals surface area contributed by atoms with Gasteiger partial charge in [-0.1, -0.05) is 47.2 Å². The van der Waals surface area contributed by atoms with E-state index >= 15 is 0 Å². The highest BCUT2D eigenvalue weighted by atomic mass is 35.5. The summed E-state index contributed by atoms with van der Waals surface area (Å²) >= 11 is 18.2. The molecule has 0 saturated heterocycles. The SMILES string of the molecule is FC(F)(F)c1ccc(Sc2c(Cl)cc(N=CC=S)cc2Cl)cc1. The minimum Gasteiger partial charge on any atom is -0.256 e. The van der Waals surface area contributed by atoms with E-state index in [-0.39, 0.29) is 0 Å². The van der Waals surface area contributed by atoms with Crippen molar-refractivity contribution in [2.75, 3.05) is 0 Å². The molecule has 0 saturated carbocycles. The Morgan fingerprint density at radius 3 is 2.09 bits per heavy atom. The first-order valence-electron chi connectivity index (χ1n) is 6.13. The van der Waals surface area contributed by atoms with E-state index in [1.807, 2.05) is 0 Å². The second-order valence-electron chi connectivity index (χ2n) is 4.28. The van der Waals surface area contributed by atoms with E-state index in [0.717, 1.165) is 12.1 Å². The monoisotopic (exact) mass is 393 g/mol. The molecule has 0 unspecified atom stereocenters. The van der Waals surface area contributed by atoms with Crippen LogP contribution in [0.1, 0.15) is 5.56 Å². The molecule has 0 fully saturated rings. The third-order valence-electron chi connectivity index (χ3n) is 2.67. The van der Waals surface area contributed by atoms with Gasteiger partial charge in [-0.15, -0.1) is 0 Å². The Morgan fingerprint density at radius 1 is 1.04 bits per heavy atom. The highest BCUT2D eigenvalue weighted by Gasteiger charge is 2.30. The number of halogens is 5. The fraction of sp³-hybridized carbons (Fsp3) is 0.0667. The molecule has 2 rings (SSSR count). The van der Waals surface area contributed by atoms with Crippen LogP contribution in [0.2, 0.25) is 10.0 Å². The molecule has 0 radical (unpaired) electrons. The van der Waals surface area contributed by atoms with Gasteiger partial charge in [-0.2, -0.15) is 13.2 Å². The Morgan fingerprint density at radius 2 is 1.61 bits per heavy atom. The zero-order valence-corrected chi connectivity index (χ0v) is 14.4. The number of hydrogen-bond donors (Lipinski definition) is 0. The lowest BCUT2D eigenvalue weighted by Gasteiger charge is -2.10. The third-order valence-corrected chi connectivity index (χ3v) is 4.76.